The van der Waals surface area contributed by atoms with Gasteiger partial charge in [0.25, 0.3) is 0 Å². The molecule has 256 valence electrons. The molecule has 0 amide bonds. The van der Waals surface area contributed by atoms with Gasteiger partial charge in [0.1, 0.15) is 29.0 Å². The highest BCUT2D eigenvalue weighted by Gasteiger charge is 2.81. The van der Waals surface area contributed by atoms with E-state index in [-0.39, 0.29) is 31.6 Å². The Morgan fingerprint density at radius 3 is 2.32 bits per heavy atom. The van der Waals surface area contributed by atoms with Crippen LogP contribution in [0.1, 0.15) is 92.1 Å². The van der Waals surface area contributed by atoms with E-state index < -0.39 is 75.1 Å². The van der Waals surface area contributed by atoms with E-state index in [4.69, 9.17) is 9.47 Å². The Morgan fingerprint density at radius 1 is 0.979 bits per heavy atom. The fourth-order valence-electron chi connectivity index (χ4n) is 8.97. The minimum atomic E-state index is -2.03. The molecule has 0 aliphatic heterocycles. The Balaban J connectivity index is 1.43. The first kappa shape index (κ1) is 35.1. The molecule has 8 atom stereocenters. The van der Waals surface area contributed by atoms with Gasteiger partial charge in [0.15, 0.2) is 17.4 Å². The molecule has 5 rings (SSSR count). The highest BCUT2D eigenvalue weighted by molar-refractivity contribution is 5.88. The van der Waals surface area contributed by atoms with Crippen molar-refractivity contribution in [1.82, 2.24) is 0 Å². The zero-order valence-electron chi connectivity index (χ0n) is 27.9. The molecule has 3 saturated carbocycles. The number of Topliss-reactive ketones (excluding diaryl/α,β-unsaturated/α-hetero) is 1. The van der Waals surface area contributed by atoms with E-state index in [0.717, 1.165) is 29.4 Å². The number of aliphatic hydroxyl groups is 3. The minimum absolute atomic E-state index is 0.0341. The van der Waals surface area contributed by atoms with Crippen LogP contribution in [-0.4, -0.2) is 62.1 Å². The zero-order valence-corrected chi connectivity index (χ0v) is 27.9. The molecule has 4 aliphatic carbocycles. The van der Waals surface area contributed by atoms with Crippen LogP contribution in [0.5, 0.6) is 0 Å². The third kappa shape index (κ3) is 5.40. The van der Waals surface area contributed by atoms with Gasteiger partial charge in [-0.25, -0.2) is 18.4 Å². The summed E-state index contributed by atoms with van der Waals surface area (Å²) < 4.78 is 38.6. The van der Waals surface area contributed by atoms with E-state index in [9.17, 15) is 38.5 Å². The molecule has 0 bridgehead atoms. The van der Waals surface area contributed by atoms with Crippen LogP contribution in [0.3, 0.4) is 0 Å². The average Bonchev–Trinajstić information content (AvgIpc) is 3.23. The van der Waals surface area contributed by atoms with Crippen molar-refractivity contribution in [3.05, 3.63) is 64.8 Å². The number of ether oxygens (including phenoxy) is 2. The summed E-state index contributed by atoms with van der Waals surface area (Å²) in [4.78, 5) is 38.9. The molecule has 3 fully saturated rings. The first-order valence-electron chi connectivity index (χ1n) is 16.4. The first-order valence-corrected chi connectivity index (χ1v) is 16.4. The number of ketones is 1. The van der Waals surface area contributed by atoms with Crippen molar-refractivity contribution in [2.24, 2.45) is 22.7 Å². The molecule has 0 heterocycles. The predicted octanol–water partition coefficient (Wildman–Crippen LogP) is 5.53. The van der Waals surface area contributed by atoms with Gasteiger partial charge in [0.2, 0.25) is 0 Å². The molecular weight excluding hydrogens is 610 g/mol. The summed E-state index contributed by atoms with van der Waals surface area (Å²) in [6.45, 7) is 10.5. The van der Waals surface area contributed by atoms with E-state index in [0.29, 0.717) is 24.8 Å². The molecule has 1 aromatic carbocycles. The zero-order chi connectivity index (χ0) is 34.7. The van der Waals surface area contributed by atoms with Crippen LogP contribution >= 0.6 is 0 Å². The molecule has 8 nitrogen and oxygen atoms in total. The second kappa shape index (κ2) is 12.0. The lowest BCUT2D eigenvalue weighted by molar-refractivity contribution is -0.314. The highest BCUT2D eigenvalue weighted by Crippen LogP contribution is 2.71. The largest absolute Gasteiger partial charge is 0.459 e. The van der Waals surface area contributed by atoms with E-state index in [1.807, 2.05) is 33.8 Å². The number of carbonyl (C=O) groups is 3. The molecule has 47 heavy (non-hydrogen) atoms. The van der Waals surface area contributed by atoms with Crippen LogP contribution in [0.25, 0.3) is 6.08 Å². The molecule has 0 radical (unpaired) electrons. The van der Waals surface area contributed by atoms with Gasteiger partial charge in [0.05, 0.1) is 5.41 Å². The quantitative estimate of drug-likeness (QED) is 0.199. The summed E-state index contributed by atoms with van der Waals surface area (Å²) in [7, 11) is 0. The van der Waals surface area contributed by atoms with Gasteiger partial charge in [0, 0.05) is 24.5 Å². The van der Waals surface area contributed by atoms with Gasteiger partial charge in [-0.05, 0) is 94.4 Å². The Hall–Kier alpha value is -3.21. The summed E-state index contributed by atoms with van der Waals surface area (Å²) in [5, 5.41) is 37.1. The molecule has 4 aliphatic rings. The minimum Gasteiger partial charge on any atom is -0.459 e. The number of hydrogen-bond acceptors (Lipinski definition) is 8. The summed E-state index contributed by atoms with van der Waals surface area (Å²) in [6, 6.07) is 3.31. The van der Waals surface area contributed by atoms with E-state index >= 15 is 0 Å². The lowest BCUT2D eigenvalue weighted by Gasteiger charge is -2.67. The number of benzene rings is 1. The topological polar surface area (TPSA) is 130 Å². The van der Waals surface area contributed by atoms with Crippen molar-refractivity contribution in [1.29, 1.82) is 0 Å². The lowest BCUT2D eigenvalue weighted by atomic mass is 9.42. The average molecular weight is 657 g/mol. The van der Waals surface area contributed by atoms with Gasteiger partial charge in [-0.1, -0.05) is 44.1 Å². The molecule has 1 aromatic rings. The smallest absolute Gasteiger partial charge is 0.331 e. The van der Waals surface area contributed by atoms with Gasteiger partial charge in [-0.2, -0.15) is 0 Å². The number of carbonyl (C=O) groups excluding carboxylic acids is 3. The van der Waals surface area contributed by atoms with Gasteiger partial charge in [-0.15, -0.1) is 0 Å². The second-order valence-electron chi connectivity index (χ2n) is 14.8. The SMILES string of the molecule is CC(=O)[C@]1(O)CC[C@@]2(O)[C@]1(C)[C@H](OC(=O)/C=C(\C)C(C)C)C[C@@H]1[C@@]3(C)CC[C@H](OC(=O)/C=C/c4ccc(F)c(F)c4)CC3=CC[C@]12O. The molecule has 0 spiro atoms. The predicted molar refractivity (Wildman–Crippen MR) is 169 cm³/mol. The first-order chi connectivity index (χ1) is 21.8. The van der Waals surface area contributed by atoms with Gasteiger partial charge < -0.3 is 24.8 Å². The van der Waals surface area contributed by atoms with Crippen molar-refractivity contribution < 1.29 is 48.0 Å². The maximum absolute atomic E-state index is 13.6. The van der Waals surface area contributed by atoms with E-state index in [1.165, 1.54) is 25.1 Å². The standard InChI is InChI=1S/C37H46F2O8/c1-21(2)22(3)17-32(42)47-30-20-29-33(5)13-12-26(46-31(41)10-8-24-7-9-27(38)28(39)18-24)19-25(33)11-14-36(29,44)37(45)16-15-35(43,23(4)40)34(30,37)6/h7-11,17-18,21,26,29-30,43-45H,12-16,19-20H2,1-6H3/b10-8+,22-17+/t26-,29+,30+,33-,34+,35+,36-,37+/m0/s1. The van der Waals surface area contributed by atoms with Gasteiger partial charge >= 0.3 is 11.9 Å². The number of allylic oxidation sites excluding steroid dienone is 1. The van der Waals surface area contributed by atoms with Crippen molar-refractivity contribution in [2.75, 3.05) is 0 Å². The van der Waals surface area contributed by atoms with Gasteiger partial charge in [-0.3, -0.25) is 4.79 Å². The Labute approximate surface area is 274 Å². The third-order valence-electron chi connectivity index (χ3n) is 12.3. The van der Waals surface area contributed by atoms with E-state index in [1.54, 1.807) is 6.92 Å². The number of fused-ring (bicyclic) bond motifs is 5. The molecule has 10 heteroatoms. The normalized spacial score (nSPS) is 38.3. The maximum Gasteiger partial charge on any atom is 0.331 e. The number of esters is 2. The second-order valence-corrected chi connectivity index (χ2v) is 14.8. The highest BCUT2D eigenvalue weighted by atomic mass is 19.2. The van der Waals surface area contributed by atoms with Crippen molar-refractivity contribution in [2.45, 2.75) is 115 Å². The molecule has 3 N–H and O–H groups in total. The van der Waals surface area contributed by atoms with Crippen molar-refractivity contribution in [3.8, 4) is 0 Å². The summed E-state index contributed by atoms with van der Waals surface area (Å²) in [5.74, 6) is -4.37. The fraction of sp³-hybridized carbons (Fsp3) is 0.595. The molecular formula is C37H46F2O8. The Bertz CT molecular complexity index is 1560. The third-order valence-corrected chi connectivity index (χ3v) is 12.3. The van der Waals surface area contributed by atoms with Crippen molar-refractivity contribution >= 4 is 23.8 Å². The monoisotopic (exact) mass is 656 g/mol. The summed E-state index contributed by atoms with van der Waals surface area (Å²) in [5.41, 5.74) is -6.09. The summed E-state index contributed by atoms with van der Waals surface area (Å²) in [6.07, 6.45) is 5.48. The van der Waals surface area contributed by atoms with Crippen LogP contribution in [-0.2, 0) is 23.9 Å². The van der Waals surface area contributed by atoms with Crippen LogP contribution in [0.4, 0.5) is 8.78 Å². The number of hydrogen-bond donors (Lipinski definition) is 3. The molecule has 0 saturated heterocycles. The van der Waals surface area contributed by atoms with Crippen molar-refractivity contribution in [3.63, 3.8) is 0 Å². The fourth-order valence-corrected chi connectivity index (χ4v) is 8.97. The Kier molecular flexibility index (Phi) is 8.99. The number of halogens is 2. The Morgan fingerprint density at radius 2 is 1.68 bits per heavy atom. The molecule has 0 aromatic heterocycles. The van der Waals surface area contributed by atoms with Crippen LogP contribution < -0.4 is 0 Å². The van der Waals surface area contributed by atoms with Crippen LogP contribution in [0.15, 0.2) is 47.6 Å². The molecule has 0 unspecified atom stereocenters. The van der Waals surface area contributed by atoms with Crippen LogP contribution in [0, 0.1) is 34.3 Å². The lowest BCUT2D eigenvalue weighted by Crippen LogP contribution is -2.78. The van der Waals surface area contributed by atoms with Crippen LogP contribution in [0.2, 0.25) is 0 Å². The summed E-state index contributed by atoms with van der Waals surface area (Å²) >= 11 is 0. The number of rotatable bonds is 7. The van der Waals surface area contributed by atoms with E-state index in [2.05, 4.69) is 0 Å². The maximum atomic E-state index is 13.6.